The van der Waals surface area contributed by atoms with Crippen LogP contribution in [0.3, 0.4) is 0 Å². The first-order chi connectivity index (χ1) is 15.3. The fourth-order valence-electron chi connectivity index (χ4n) is 3.72. The number of halogens is 2. The van der Waals surface area contributed by atoms with Gasteiger partial charge in [-0.1, -0.05) is 41.4 Å². The third kappa shape index (κ3) is 3.99. The topological polar surface area (TPSA) is 85.0 Å². The fourth-order valence-corrected chi connectivity index (χ4v) is 4.19. The van der Waals surface area contributed by atoms with Gasteiger partial charge >= 0.3 is 0 Å². The molecule has 0 unspecified atom stereocenters. The Kier molecular flexibility index (Phi) is 6.24. The largest absolute Gasteiger partial charge is 0.394 e. The zero-order chi connectivity index (χ0) is 23.0. The maximum Gasteiger partial charge on any atom is 0.266 e. The third-order valence-corrected chi connectivity index (χ3v) is 6.06. The van der Waals surface area contributed by atoms with Crippen LogP contribution in [0.15, 0.2) is 47.5 Å². The minimum absolute atomic E-state index is 0.0470. The van der Waals surface area contributed by atoms with Gasteiger partial charge in [0.05, 0.1) is 47.2 Å². The van der Waals surface area contributed by atoms with Gasteiger partial charge in [-0.15, -0.1) is 0 Å². The molecule has 4 aromatic rings. The van der Waals surface area contributed by atoms with Crippen LogP contribution in [0.4, 0.5) is 5.82 Å². The molecule has 3 aromatic heterocycles. The standard InChI is InChI=1S/C23H23Cl2N5O2/c1-13(12-31)28-22-15(3)21(19(25)10-26-22)30-14(2)8-20-17(23(30)32)9-27-29(20)11-16-6-4-5-7-18(16)24/h4-10,13,31H,11-12H2,1-3H3,(H,26,28)/t13-/m0/s1. The number of fused-ring (bicyclic) bond motifs is 1. The highest BCUT2D eigenvalue weighted by Gasteiger charge is 2.19. The van der Waals surface area contributed by atoms with E-state index in [9.17, 15) is 9.90 Å². The van der Waals surface area contributed by atoms with Crippen LogP contribution in [0.1, 0.15) is 23.7 Å². The maximum absolute atomic E-state index is 13.5. The van der Waals surface area contributed by atoms with E-state index in [2.05, 4.69) is 15.4 Å². The molecule has 0 aliphatic carbocycles. The second kappa shape index (κ2) is 8.94. The van der Waals surface area contributed by atoms with E-state index in [-0.39, 0.29) is 18.2 Å². The highest BCUT2D eigenvalue weighted by Crippen LogP contribution is 2.29. The summed E-state index contributed by atoms with van der Waals surface area (Å²) in [6.45, 7) is 5.94. The molecule has 4 rings (SSSR count). The molecular formula is C23H23Cl2N5O2. The Morgan fingerprint density at radius 2 is 1.91 bits per heavy atom. The fraction of sp³-hybridized carbons (Fsp3) is 0.261. The lowest BCUT2D eigenvalue weighted by Gasteiger charge is -2.19. The van der Waals surface area contributed by atoms with E-state index in [0.717, 1.165) is 11.1 Å². The van der Waals surface area contributed by atoms with Crippen LogP contribution in [0.2, 0.25) is 10.0 Å². The van der Waals surface area contributed by atoms with Crippen molar-refractivity contribution in [2.75, 3.05) is 11.9 Å². The monoisotopic (exact) mass is 471 g/mol. The SMILES string of the molecule is Cc1c(N[C@@H](C)CO)ncc(Cl)c1-n1c(C)cc2c(cnn2Cc2ccccc2Cl)c1=O. The highest BCUT2D eigenvalue weighted by atomic mass is 35.5. The smallest absolute Gasteiger partial charge is 0.266 e. The van der Waals surface area contributed by atoms with Gasteiger partial charge in [-0.3, -0.25) is 14.0 Å². The number of aliphatic hydroxyl groups excluding tert-OH is 1. The van der Waals surface area contributed by atoms with Crippen LogP contribution >= 0.6 is 23.2 Å². The lowest BCUT2D eigenvalue weighted by atomic mass is 10.1. The Balaban J connectivity index is 1.85. The summed E-state index contributed by atoms with van der Waals surface area (Å²) in [5, 5.41) is 18.4. The predicted octanol–water partition coefficient (Wildman–Crippen LogP) is 4.35. The minimum atomic E-state index is -0.220. The highest BCUT2D eigenvalue weighted by molar-refractivity contribution is 6.32. The van der Waals surface area contributed by atoms with Crippen LogP contribution in [0.25, 0.3) is 16.6 Å². The Morgan fingerprint density at radius 3 is 2.62 bits per heavy atom. The van der Waals surface area contributed by atoms with E-state index in [0.29, 0.717) is 44.7 Å². The molecule has 32 heavy (non-hydrogen) atoms. The average Bonchev–Trinajstić information content (AvgIpc) is 3.16. The quantitative estimate of drug-likeness (QED) is 0.436. The van der Waals surface area contributed by atoms with E-state index < -0.39 is 0 Å². The van der Waals surface area contributed by atoms with Gasteiger partial charge in [-0.25, -0.2) is 4.98 Å². The zero-order valence-corrected chi connectivity index (χ0v) is 19.4. The molecular weight excluding hydrogens is 449 g/mol. The number of rotatable bonds is 6. The van der Waals surface area contributed by atoms with Gasteiger partial charge in [0.2, 0.25) is 0 Å². The van der Waals surface area contributed by atoms with E-state index in [1.807, 2.05) is 51.1 Å². The van der Waals surface area contributed by atoms with Crippen LogP contribution in [-0.4, -0.2) is 37.1 Å². The molecule has 0 spiro atoms. The number of benzene rings is 1. The van der Waals surface area contributed by atoms with Gasteiger partial charge in [0.15, 0.2) is 0 Å². The summed E-state index contributed by atoms with van der Waals surface area (Å²) in [5.74, 6) is 0.562. The Bertz CT molecular complexity index is 1360. The van der Waals surface area contributed by atoms with Crippen molar-refractivity contribution in [1.29, 1.82) is 0 Å². The predicted molar refractivity (Wildman–Crippen MR) is 128 cm³/mol. The summed E-state index contributed by atoms with van der Waals surface area (Å²) in [5.41, 5.74) is 3.40. The van der Waals surface area contributed by atoms with E-state index >= 15 is 0 Å². The number of hydrogen-bond donors (Lipinski definition) is 2. The Morgan fingerprint density at radius 1 is 1.16 bits per heavy atom. The molecule has 166 valence electrons. The first kappa shape index (κ1) is 22.3. The number of nitrogens with one attached hydrogen (secondary N) is 1. The summed E-state index contributed by atoms with van der Waals surface area (Å²) in [4.78, 5) is 17.9. The molecule has 3 heterocycles. The zero-order valence-electron chi connectivity index (χ0n) is 17.9. The number of aromatic nitrogens is 4. The van der Waals surface area contributed by atoms with Gasteiger partial charge in [-0.2, -0.15) is 5.10 Å². The van der Waals surface area contributed by atoms with Gasteiger partial charge < -0.3 is 10.4 Å². The van der Waals surface area contributed by atoms with Gasteiger partial charge in [0, 0.05) is 22.3 Å². The summed E-state index contributed by atoms with van der Waals surface area (Å²) >= 11 is 12.8. The van der Waals surface area contributed by atoms with E-state index in [4.69, 9.17) is 23.2 Å². The molecule has 1 aromatic carbocycles. The van der Waals surface area contributed by atoms with Crippen molar-refractivity contribution in [3.05, 3.63) is 79.9 Å². The number of nitrogens with zero attached hydrogens (tertiary/aromatic N) is 4. The molecule has 0 radical (unpaired) electrons. The summed E-state index contributed by atoms with van der Waals surface area (Å²) in [7, 11) is 0. The summed E-state index contributed by atoms with van der Waals surface area (Å²) < 4.78 is 3.35. The van der Waals surface area contributed by atoms with Crippen LogP contribution in [-0.2, 0) is 6.54 Å². The molecule has 0 aliphatic heterocycles. The van der Waals surface area contributed by atoms with Crippen LogP contribution < -0.4 is 10.9 Å². The number of aliphatic hydroxyl groups is 1. The number of aryl methyl sites for hydroxylation is 1. The second-order valence-electron chi connectivity index (χ2n) is 7.78. The second-order valence-corrected chi connectivity index (χ2v) is 8.59. The van der Waals surface area contributed by atoms with Crippen molar-refractivity contribution in [2.45, 2.75) is 33.4 Å². The minimum Gasteiger partial charge on any atom is -0.394 e. The Labute approximate surface area is 195 Å². The molecule has 0 aliphatic rings. The van der Waals surface area contributed by atoms with Crippen molar-refractivity contribution >= 4 is 39.9 Å². The van der Waals surface area contributed by atoms with Gasteiger partial charge in [0.25, 0.3) is 5.56 Å². The van der Waals surface area contributed by atoms with Crippen molar-refractivity contribution in [1.82, 2.24) is 19.3 Å². The van der Waals surface area contributed by atoms with Crippen LogP contribution in [0, 0.1) is 13.8 Å². The Hall–Kier alpha value is -2.87. The molecule has 0 fully saturated rings. The average molecular weight is 472 g/mol. The van der Waals surface area contributed by atoms with Crippen molar-refractivity contribution < 1.29 is 5.11 Å². The number of pyridine rings is 2. The van der Waals surface area contributed by atoms with Crippen molar-refractivity contribution in [2.24, 2.45) is 0 Å². The third-order valence-electron chi connectivity index (χ3n) is 5.41. The van der Waals surface area contributed by atoms with Gasteiger partial charge in [0.1, 0.15) is 5.82 Å². The first-order valence-electron chi connectivity index (χ1n) is 10.2. The van der Waals surface area contributed by atoms with Crippen LogP contribution in [0.5, 0.6) is 0 Å². The van der Waals surface area contributed by atoms with E-state index in [1.54, 1.807) is 15.4 Å². The molecule has 0 saturated heterocycles. The lowest BCUT2D eigenvalue weighted by Crippen LogP contribution is -2.24. The molecule has 0 saturated carbocycles. The van der Waals surface area contributed by atoms with E-state index in [1.165, 1.54) is 6.20 Å². The first-order valence-corrected chi connectivity index (χ1v) is 10.9. The van der Waals surface area contributed by atoms with Gasteiger partial charge in [-0.05, 0) is 38.5 Å². The van der Waals surface area contributed by atoms with Crippen molar-refractivity contribution in [3.63, 3.8) is 0 Å². The maximum atomic E-state index is 13.5. The normalized spacial score (nSPS) is 12.3. The molecule has 9 heteroatoms. The molecule has 1 atom stereocenters. The summed E-state index contributed by atoms with van der Waals surface area (Å²) in [6.07, 6.45) is 3.08. The lowest BCUT2D eigenvalue weighted by molar-refractivity contribution is 0.281. The van der Waals surface area contributed by atoms with Crippen molar-refractivity contribution in [3.8, 4) is 5.69 Å². The molecule has 2 N–H and O–H groups in total. The molecule has 0 bridgehead atoms. The molecule has 0 amide bonds. The number of hydrogen-bond acceptors (Lipinski definition) is 5. The summed E-state index contributed by atoms with van der Waals surface area (Å²) in [6, 6.07) is 9.28. The molecule has 7 nitrogen and oxygen atoms in total. The number of anilines is 1.